The molecule has 0 bridgehead atoms. The number of hydrogen-bond acceptors (Lipinski definition) is 6. The molecule has 3 aromatic rings. The maximum atomic E-state index is 11.9. The minimum Gasteiger partial charge on any atom is -0.496 e. The monoisotopic (exact) mass is 568 g/mol. The highest BCUT2D eigenvalue weighted by atomic mass is 32.2. The molecule has 2 N–H and O–H groups in total. The van der Waals surface area contributed by atoms with E-state index in [2.05, 4.69) is 28.8 Å². The Balaban J connectivity index is 1.54. The van der Waals surface area contributed by atoms with Gasteiger partial charge in [0.15, 0.2) is 0 Å². The molecule has 1 aliphatic rings. The van der Waals surface area contributed by atoms with Crippen molar-refractivity contribution in [1.82, 2.24) is 9.29 Å². The van der Waals surface area contributed by atoms with Crippen molar-refractivity contribution in [2.24, 2.45) is 11.8 Å². The number of aryl methyl sites for hydroxylation is 1. The molecule has 9 heteroatoms. The van der Waals surface area contributed by atoms with E-state index in [4.69, 9.17) is 9.47 Å². The maximum absolute atomic E-state index is 11.9. The van der Waals surface area contributed by atoms with Crippen LogP contribution < -0.4 is 14.2 Å². The number of ether oxygens (including phenoxy) is 2. The molecule has 4 rings (SSSR count). The first-order chi connectivity index (χ1) is 19.1. The molecule has 1 aliphatic carbocycles. The van der Waals surface area contributed by atoms with Gasteiger partial charge in [-0.3, -0.25) is 9.52 Å². The van der Waals surface area contributed by atoms with Crippen LogP contribution in [0.2, 0.25) is 0 Å². The van der Waals surface area contributed by atoms with Gasteiger partial charge in [-0.25, -0.2) is 8.42 Å². The van der Waals surface area contributed by atoms with Crippen LogP contribution in [0.5, 0.6) is 11.5 Å². The number of methoxy groups -OCH3 is 2. The number of nitrogens with one attached hydrogen (secondary N) is 1. The molecule has 2 atom stereocenters. The lowest BCUT2D eigenvalue weighted by Crippen LogP contribution is -2.29. The van der Waals surface area contributed by atoms with Crippen molar-refractivity contribution < 1.29 is 27.8 Å². The molecule has 0 radical (unpaired) electrons. The van der Waals surface area contributed by atoms with Crippen molar-refractivity contribution in [1.29, 1.82) is 0 Å². The summed E-state index contributed by atoms with van der Waals surface area (Å²) < 4.78 is 38.0. The summed E-state index contributed by atoms with van der Waals surface area (Å²) in [4.78, 5) is 11.9. The van der Waals surface area contributed by atoms with Crippen molar-refractivity contribution in [3.63, 3.8) is 0 Å². The highest BCUT2D eigenvalue weighted by molar-refractivity contribution is 7.89. The summed E-state index contributed by atoms with van der Waals surface area (Å²) >= 11 is 0. The van der Waals surface area contributed by atoms with Crippen LogP contribution in [0.1, 0.15) is 53.7 Å². The fourth-order valence-corrected chi connectivity index (χ4v) is 6.40. The largest absolute Gasteiger partial charge is 0.496 e. The van der Waals surface area contributed by atoms with E-state index < -0.39 is 22.0 Å². The van der Waals surface area contributed by atoms with Gasteiger partial charge in [-0.1, -0.05) is 31.2 Å². The fraction of sp³-hybridized carbons (Fsp3) is 0.452. The molecule has 0 aliphatic heterocycles. The SMILES string of the molecule is CCc1c(OC)cc([C@@H](O)[C@@H](CC2Cc3ccccc3C2)Cn2ccc(CCC(=O)NS(C)(=O)=O)c2)cc1OC. The molecule has 1 amide bonds. The summed E-state index contributed by atoms with van der Waals surface area (Å²) in [6, 6.07) is 14.3. The van der Waals surface area contributed by atoms with Gasteiger partial charge in [0.2, 0.25) is 15.9 Å². The second kappa shape index (κ2) is 12.9. The Morgan fingerprint density at radius 3 is 2.27 bits per heavy atom. The Hall–Kier alpha value is -3.30. The number of aliphatic hydroxyl groups excluding tert-OH is 1. The van der Waals surface area contributed by atoms with Crippen molar-refractivity contribution in [2.45, 2.75) is 58.1 Å². The Labute approximate surface area is 237 Å². The average molecular weight is 569 g/mol. The summed E-state index contributed by atoms with van der Waals surface area (Å²) in [5.74, 6) is 1.22. The van der Waals surface area contributed by atoms with Crippen molar-refractivity contribution >= 4 is 15.9 Å². The number of amides is 1. The first-order valence-corrected chi connectivity index (χ1v) is 15.6. The number of carbonyl (C=O) groups is 1. The zero-order chi connectivity index (χ0) is 28.9. The Bertz CT molecular complexity index is 1380. The number of nitrogens with zero attached hydrogens (tertiary/aromatic N) is 1. The summed E-state index contributed by atoms with van der Waals surface area (Å²) in [5, 5.41) is 11.8. The van der Waals surface area contributed by atoms with E-state index in [1.807, 2.05) is 42.2 Å². The van der Waals surface area contributed by atoms with Gasteiger partial charge >= 0.3 is 0 Å². The molecule has 1 aromatic heterocycles. The summed E-state index contributed by atoms with van der Waals surface area (Å²) in [7, 11) is -0.303. The third kappa shape index (κ3) is 7.46. The second-order valence-corrected chi connectivity index (χ2v) is 12.5. The first kappa shape index (κ1) is 29.7. The molecule has 2 aromatic carbocycles. The third-order valence-electron chi connectivity index (χ3n) is 7.74. The molecular formula is C31H40N2O6S. The van der Waals surface area contributed by atoms with Gasteiger partial charge in [-0.2, -0.15) is 0 Å². The summed E-state index contributed by atoms with van der Waals surface area (Å²) in [5.41, 5.74) is 5.43. The lowest BCUT2D eigenvalue weighted by Gasteiger charge is -2.27. The van der Waals surface area contributed by atoms with Crippen LogP contribution in [-0.2, 0) is 47.0 Å². The van der Waals surface area contributed by atoms with Crippen molar-refractivity contribution in [3.8, 4) is 11.5 Å². The van der Waals surface area contributed by atoms with Crippen LogP contribution >= 0.6 is 0 Å². The predicted octanol–water partition coefficient (Wildman–Crippen LogP) is 4.23. The van der Waals surface area contributed by atoms with E-state index in [0.717, 1.165) is 48.6 Å². The molecule has 0 saturated heterocycles. The van der Waals surface area contributed by atoms with Crippen LogP contribution in [0.3, 0.4) is 0 Å². The fourth-order valence-electron chi connectivity index (χ4n) is 5.88. The zero-order valence-electron chi connectivity index (χ0n) is 23.7. The average Bonchev–Trinajstić information content (AvgIpc) is 3.55. The molecule has 40 heavy (non-hydrogen) atoms. The number of hydrogen-bond donors (Lipinski definition) is 2. The number of benzene rings is 2. The maximum Gasteiger partial charge on any atom is 0.233 e. The standard InChI is InChI=1S/C31H40N2O6S/c1-5-27-28(38-2)17-25(18-29(27)39-3)31(35)26(16-22-14-23-8-6-7-9-24(23)15-22)20-33-13-12-21(19-33)10-11-30(34)32-40(4,36)37/h6-9,12-13,17-19,22,26,31,35H,5,10-11,14-16,20H2,1-4H3,(H,32,34)/t26-,31+/m0/s1. The van der Waals surface area contributed by atoms with Crippen LogP contribution in [0.25, 0.3) is 0 Å². The number of aliphatic hydroxyl groups is 1. The highest BCUT2D eigenvalue weighted by Gasteiger charge is 2.30. The van der Waals surface area contributed by atoms with Gasteiger partial charge in [-0.15, -0.1) is 0 Å². The Kier molecular flexibility index (Phi) is 9.58. The van der Waals surface area contributed by atoms with Gasteiger partial charge in [0, 0.05) is 36.8 Å². The molecule has 216 valence electrons. The minimum atomic E-state index is -3.57. The Morgan fingerprint density at radius 1 is 1.10 bits per heavy atom. The predicted molar refractivity (Wildman–Crippen MR) is 155 cm³/mol. The summed E-state index contributed by atoms with van der Waals surface area (Å²) in [6.07, 6.45) is 8.22. The number of rotatable bonds is 13. The summed E-state index contributed by atoms with van der Waals surface area (Å²) in [6.45, 7) is 2.63. The molecule has 8 nitrogen and oxygen atoms in total. The van der Waals surface area contributed by atoms with E-state index in [9.17, 15) is 18.3 Å². The number of aromatic nitrogens is 1. The number of fused-ring (bicyclic) bond motifs is 1. The third-order valence-corrected chi connectivity index (χ3v) is 8.34. The smallest absolute Gasteiger partial charge is 0.233 e. The molecule has 1 heterocycles. The van der Waals surface area contributed by atoms with E-state index in [0.29, 0.717) is 30.4 Å². The van der Waals surface area contributed by atoms with Crippen LogP contribution in [0, 0.1) is 11.8 Å². The first-order valence-electron chi connectivity index (χ1n) is 13.7. The lowest BCUT2D eigenvalue weighted by molar-refractivity contribution is -0.119. The molecular weight excluding hydrogens is 528 g/mol. The van der Waals surface area contributed by atoms with E-state index in [1.165, 1.54) is 11.1 Å². The topological polar surface area (TPSA) is 107 Å². The van der Waals surface area contributed by atoms with Gasteiger partial charge in [0.1, 0.15) is 11.5 Å². The number of sulfonamides is 1. The van der Waals surface area contributed by atoms with Gasteiger partial charge in [-0.05, 0) is 78.5 Å². The van der Waals surface area contributed by atoms with Gasteiger partial charge in [0.05, 0.1) is 26.6 Å². The molecule has 0 unspecified atom stereocenters. The highest BCUT2D eigenvalue weighted by Crippen LogP contribution is 2.39. The number of carbonyl (C=O) groups excluding carboxylic acids is 1. The van der Waals surface area contributed by atoms with Crippen LogP contribution in [0.15, 0.2) is 54.9 Å². The lowest BCUT2D eigenvalue weighted by atomic mass is 9.85. The van der Waals surface area contributed by atoms with E-state index in [1.54, 1.807) is 14.2 Å². The van der Waals surface area contributed by atoms with Gasteiger partial charge in [0.25, 0.3) is 0 Å². The van der Waals surface area contributed by atoms with Crippen molar-refractivity contribution in [3.05, 3.63) is 82.7 Å². The normalized spacial score (nSPS) is 14.9. The van der Waals surface area contributed by atoms with Crippen LogP contribution in [-0.4, -0.2) is 44.5 Å². The second-order valence-electron chi connectivity index (χ2n) is 10.8. The van der Waals surface area contributed by atoms with E-state index >= 15 is 0 Å². The zero-order valence-corrected chi connectivity index (χ0v) is 24.5. The minimum absolute atomic E-state index is 0.0762. The molecule has 0 saturated carbocycles. The van der Waals surface area contributed by atoms with Crippen molar-refractivity contribution in [2.75, 3.05) is 20.5 Å². The molecule has 0 spiro atoms. The molecule has 0 fully saturated rings. The van der Waals surface area contributed by atoms with Gasteiger partial charge < -0.3 is 19.1 Å². The van der Waals surface area contributed by atoms with Crippen LogP contribution in [0.4, 0.5) is 0 Å². The quantitative estimate of drug-likeness (QED) is 0.320. The van der Waals surface area contributed by atoms with E-state index in [-0.39, 0.29) is 12.3 Å². The Morgan fingerprint density at radius 2 is 1.73 bits per heavy atom.